The SMILES string of the molecule is CCNC(C)(CSCc1cc(C)cc(C)c1)C(=O)OC. The number of aryl methyl sites for hydroxylation is 2. The number of hydrogen-bond acceptors (Lipinski definition) is 4. The van der Waals surface area contributed by atoms with Crippen molar-refractivity contribution in [3.8, 4) is 0 Å². The van der Waals surface area contributed by atoms with Crippen molar-refractivity contribution >= 4 is 17.7 Å². The van der Waals surface area contributed by atoms with Gasteiger partial charge in [0.15, 0.2) is 0 Å². The summed E-state index contributed by atoms with van der Waals surface area (Å²) in [7, 11) is 1.44. The first-order valence-electron chi connectivity index (χ1n) is 6.89. The zero-order valence-corrected chi connectivity index (χ0v) is 13.9. The minimum Gasteiger partial charge on any atom is -0.468 e. The lowest BCUT2D eigenvalue weighted by molar-refractivity contribution is -0.146. The molecule has 1 aromatic rings. The lowest BCUT2D eigenvalue weighted by atomic mass is 10.1. The molecule has 0 aliphatic heterocycles. The maximum atomic E-state index is 11.9. The Kier molecular flexibility index (Phi) is 6.56. The Labute approximate surface area is 126 Å². The van der Waals surface area contributed by atoms with Crippen LogP contribution >= 0.6 is 11.8 Å². The molecule has 1 N–H and O–H groups in total. The number of thioether (sulfide) groups is 1. The van der Waals surface area contributed by atoms with Gasteiger partial charge in [-0.2, -0.15) is 11.8 Å². The standard InChI is InChI=1S/C16H25NO2S/c1-6-17-16(4,15(18)19-5)11-20-10-14-8-12(2)7-13(3)9-14/h7-9,17H,6,10-11H2,1-5H3. The van der Waals surface area contributed by atoms with E-state index in [0.717, 1.165) is 12.3 Å². The molecular weight excluding hydrogens is 270 g/mol. The van der Waals surface area contributed by atoms with E-state index in [9.17, 15) is 4.79 Å². The maximum absolute atomic E-state index is 11.9. The first kappa shape index (κ1) is 17.1. The highest BCUT2D eigenvalue weighted by molar-refractivity contribution is 7.98. The monoisotopic (exact) mass is 295 g/mol. The van der Waals surface area contributed by atoms with Crippen LogP contribution in [-0.2, 0) is 15.3 Å². The first-order chi connectivity index (χ1) is 9.41. The van der Waals surface area contributed by atoms with Gasteiger partial charge in [0.1, 0.15) is 5.54 Å². The molecule has 0 fully saturated rings. The molecular formula is C16H25NO2S. The van der Waals surface area contributed by atoms with Crippen molar-refractivity contribution in [2.75, 3.05) is 19.4 Å². The quantitative estimate of drug-likeness (QED) is 0.785. The molecule has 0 heterocycles. The van der Waals surface area contributed by atoms with Crippen LogP contribution < -0.4 is 5.32 Å². The third-order valence-corrected chi connectivity index (χ3v) is 4.46. The third-order valence-electron chi connectivity index (χ3n) is 3.14. The zero-order valence-electron chi connectivity index (χ0n) is 13.1. The molecule has 1 aromatic carbocycles. The molecule has 1 atom stereocenters. The molecule has 0 spiro atoms. The van der Waals surface area contributed by atoms with Crippen LogP contribution in [0, 0.1) is 13.8 Å². The second-order valence-corrected chi connectivity index (χ2v) is 6.33. The molecule has 0 bridgehead atoms. The number of rotatable bonds is 7. The lowest BCUT2D eigenvalue weighted by Crippen LogP contribution is -2.52. The number of hydrogen-bond donors (Lipinski definition) is 1. The highest BCUT2D eigenvalue weighted by atomic mass is 32.2. The fraction of sp³-hybridized carbons (Fsp3) is 0.562. The van der Waals surface area contributed by atoms with Gasteiger partial charge in [-0.15, -0.1) is 0 Å². The van der Waals surface area contributed by atoms with Gasteiger partial charge in [-0.1, -0.05) is 36.2 Å². The van der Waals surface area contributed by atoms with Gasteiger partial charge in [-0.25, -0.2) is 0 Å². The third kappa shape index (κ3) is 4.84. The minimum atomic E-state index is -0.618. The van der Waals surface area contributed by atoms with Crippen LogP contribution in [0.5, 0.6) is 0 Å². The van der Waals surface area contributed by atoms with Crippen molar-refractivity contribution in [2.24, 2.45) is 0 Å². The molecule has 0 saturated heterocycles. The summed E-state index contributed by atoms with van der Waals surface area (Å²) in [5.41, 5.74) is 3.25. The van der Waals surface area contributed by atoms with Crippen molar-refractivity contribution in [3.05, 3.63) is 34.9 Å². The van der Waals surface area contributed by atoms with Crippen LogP contribution in [0.25, 0.3) is 0 Å². The van der Waals surface area contributed by atoms with E-state index < -0.39 is 5.54 Å². The van der Waals surface area contributed by atoms with E-state index in [-0.39, 0.29) is 5.97 Å². The zero-order chi connectivity index (χ0) is 15.2. The number of ether oxygens (including phenoxy) is 1. The summed E-state index contributed by atoms with van der Waals surface area (Å²) in [6.45, 7) is 8.86. The van der Waals surface area contributed by atoms with E-state index in [4.69, 9.17) is 4.74 Å². The van der Waals surface area contributed by atoms with Crippen LogP contribution in [0.3, 0.4) is 0 Å². The van der Waals surface area contributed by atoms with Crippen LogP contribution in [0.1, 0.15) is 30.5 Å². The Morgan fingerprint density at radius 2 is 1.90 bits per heavy atom. The predicted octanol–water partition coefficient (Wildman–Crippen LogP) is 3.08. The van der Waals surface area contributed by atoms with Gasteiger partial charge in [0.2, 0.25) is 0 Å². The van der Waals surface area contributed by atoms with Gasteiger partial charge >= 0.3 is 5.97 Å². The van der Waals surface area contributed by atoms with E-state index >= 15 is 0 Å². The fourth-order valence-electron chi connectivity index (χ4n) is 2.32. The molecule has 20 heavy (non-hydrogen) atoms. The number of carbonyl (C=O) groups excluding carboxylic acids is 1. The molecule has 0 radical (unpaired) electrons. The number of nitrogens with one attached hydrogen (secondary N) is 1. The molecule has 0 aromatic heterocycles. The topological polar surface area (TPSA) is 38.3 Å². The largest absolute Gasteiger partial charge is 0.468 e. The molecule has 0 aliphatic carbocycles. The number of esters is 1. The Balaban J connectivity index is 2.62. The Morgan fingerprint density at radius 1 is 1.30 bits per heavy atom. The van der Waals surface area contributed by atoms with E-state index in [0.29, 0.717) is 5.75 Å². The number of carbonyl (C=O) groups is 1. The van der Waals surface area contributed by atoms with Gasteiger partial charge in [0.05, 0.1) is 7.11 Å². The second kappa shape index (κ2) is 7.70. The smallest absolute Gasteiger partial charge is 0.326 e. The first-order valence-corrected chi connectivity index (χ1v) is 8.05. The van der Waals surface area contributed by atoms with Crippen molar-refractivity contribution in [1.29, 1.82) is 0 Å². The van der Waals surface area contributed by atoms with Crippen LogP contribution in [-0.4, -0.2) is 30.9 Å². The van der Waals surface area contributed by atoms with Gasteiger partial charge in [-0.3, -0.25) is 4.79 Å². The normalized spacial score (nSPS) is 13.8. The Hall–Kier alpha value is -1.00. The molecule has 1 unspecified atom stereocenters. The van der Waals surface area contributed by atoms with Gasteiger partial charge < -0.3 is 10.1 Å². The summed E-state index contributed by atoms with van der Waals surface area (Å²) >= 11 is 1.75. The van der Waals surface area contributed by atoms with Crippen molar-refractivity contribution in [3.63, 3.8) is 0 Å². The average molecular weight is 295 g/mol. The van der Waals surface area contributed by atoms with Crippen LogP contribution in [0.2, 0.25) is 0 Å². The summed E-state index contributed by atoms with van der Waals surface area (Å²) in [5.74, 6) is 1.40. The summed E-state index contributed by atoms with van der Waals surface area (Å²) in [4.78, 5) is 11.9. The summed E-state index contributed by atoms with van der Waals surface area (Å²) in [6, 6.07) is 6.57. The van der Waals surface area contributed by atoms with E-state index in [1.807, 2.05) is 13.8 Å². The second-order valence-electron chi connectivity index (χ2n) is 5.34. The number of benzene rings is 1. The minimum absolute atomic E-state index is 0.202. The highest BCUT2D eigenvalue weighted by Gasteiger charge is 2.33. The molecule has 1 rings (SSSR count). The van der Waals surface area contributed by atoms with Gasteiger partial charge in [0, 0.05) is 11.5 Å². The molecule has 3 nitrogen and oxygen atoms in total. The van der Waals surface area contributed by atoms with Gasteiger partial charge in [0.25, 0.3) is 0 Å². The van der Waals surface area contributed by atoms with E-state index in [2.05, 4.69) is 37.4 Å². The van der Waals surface area contributed by atoms with Crippen molar-refractivity contribution in [1.82, 2.24) is 5.32 Å². The molecule has 112 valence electrons. The van der Waals surface area contributed by atoms with E-state index in [1.54, 1.807) is 11.8 Å². The van der Waals surface area contributed by atoms with Crippen LogP contribution in [0.4, 0.5) is 0 Å². The van der Waals surface area contributed by atoms with Crippen molar-refractivity contribution < 1.29 is 9.53 Å². The fourth-order valence-corrected chi connectivity index (χ4v) is 3.46. The average Bonchev–Trinajstić information content (AvgIpc) is 2.37. The van der Waals surface area contributed by atoms with E-state index in [1.165, 1.54) is 23.8 Å². The number of methoxy groups -OCH3 is 1. The Morgan fingerprint density at radius 3 is 2.40 bits per heavy atom. The predicted molar refractivity (Wildman–Crippen MR) is 86.2 cm³/mol. The molecule has 0 amide bonds. The summed E-state index contributed by atoms with van der Waals surface area (Å²) in [6.07, 6.45) is 0. The molecule has 0 aliphatic rings. The molecule has 0 saturated carbocycles. The Bertz CT molecular complexity index is 442. The molecule has 4 heteroatoms. The number of likely N-dealkylation sites (N-methyl/N-ethyl adjacent to an activating group) is 1. The summed E-state index contributed by atoms with van der Waals surface area (Å²) in [5, 5.41) is 3.22. The lowest BCUT2D eigenvalue weighted by Gasteiger charge is -2.27. The summed E-state index contributed by atoms with van der Waals surface area (Å²) < 4.78 is 4.89. The van der Waals surface area contributed by atoms with Crippen molar-refractivity contribution in [2.45, 2.75) is 39.0 Å². The highest BCUT2D eigenvalue weighted by Crippen LogP contribution is 2.21. The maximum Gasteiger partial charge on any atom is 0.326 e. The van der Waals surface area contributed by atoms with Gasteiger partial charge in [-0.05, 0) is 32.9 Å². The van der Waals surface area contributed by atoms with Crippen LogP contribution in [0.15, 0.2) is 18.2 Å².